The second-order valence-electron chi connectivity index (χ2n) is 4.05. The molecule has 0 aromatic carbocycles. The van der Waals surface area contributed by atoms with Gasteiger partial charge in [-0.25, -0.2) is 0 Å². The van der Waals surface area contributed by atoms with Gasteiger partial charge in [-0.2, -0.15) is 0 Å². The highest BCUT2D eigenvalue weighted by Crippen LogP contribution is 2.19. The van der Waals surface area contributed by atoms with Gasteiger partial charge < -0.3 is 12.9 Å². The number of rotatable bonds is 10. The number of halogens is 3. The molecule has 0 bridgehead atoms. The van der Waals surface area contributed by atoms with Gasteiger partial charge >= 0.3 is 6.98 Å². The molecule has 15 heavy (non-hydrogen) atoms. The Bertz CT molecular complexity index is 154. The molecule has 0 nitrogen and oxygen atoms in total. The Labute approximate surface area is 91.0 Å². The molecule has 0 fully saturated rings. The van der Waals surface area contributed by atoms with Crippen molar-refractivity contribution in [3.05, 3.63) is 12.7 Å². The molecule has 0 unspecified atom stereocenters. The molecule has 0 radical (unpaired) electrons. The van der Waals surface area contributed by atoms with E-state index < -0.39 is 13.3 Å². The van der Waals surface area contributed by atoms with Crippen LogP contribution in [0.15, 0.2) is 12.7 Å². The molecule has 4 heteroatoms. The summed E-state index contributed by atoms with van der Waals surface area (Å²) in [6, 6.07) is 0. The zero-order valence-corrected chi connectivity index (χ0v) is 9.36. The molecule has 0 spiro atoms. The van der Waals surface area contributed by atoms with E-state index in [1.165, 1.54) is 6.42 Å². The third kappa shape index (κ3) is 13.6. The van der Waals surface area contributed by atoms with Crippen molar-refractivity contribution in [2.75, 3.05) is 0 Å². The Morgan fingerprint density at radius 2 is 1.27 bits per heavy atom. The van der Waals surface area contributed by atoms with Gasteiger partial charge in [0.05, 0.1) is 0 Å². The highest BCUT2D eigenvalue weighted by molar-refractivity contribution is 6.58. The molecule has 0 amide bonds. The van der Waals surface area contributed by atoms with Crippen LogP contribution in [-0.4, -0.2) is 6.98 Å². The van der Waals surface area contributed by atoms with Crippen LogP contribution in [0.25, 0.3) is 0 Å². The van der Waals surface area contributed by atoms with Crippen LogP contribution in [0, 0.1) is 0 Å². The van der Waals surface area contributed by atoms with Crippen molar-refractivity contribution in [3.63, 3.8) is 0 Å². The Morgan fingerprint density at radius 1 is 0.800 bits per heavy atom. The summed E-state index contributed by atoms with van der Waals surface area (Å²) in [5.41, 5.74) is 0. The summed E-state index contributed by atoms with van der Waals surface area (Å²) in [6.45, 7) is -0.910. The summed E-state index contributed by atoms with van der Waals surface area (Å²) in [7, 11) is 0. The van der Waals surface area contributed by atoms with Crippen molar-refractivity contribution in [1.29, 1.82) is 0 Å². The van der Waals surface area contributed by atoms with Crippen molar-refractivity contribution < 1.29 is 12.9 Å². The molecule has 0 aliphatic rings. The third-order valence-corrected chi connectivity index (χ3v) is 2.44. The first-order chi connectivity index (χ1) is 7.06. The molecule has 90 valence electrons. The van der Waals surface area contributed by atoms with Gasteiger partial charge in [0.2, 0.25) is 0 Å². The lowest BCUT2D eigenvalue weighted by atomic mass is 9.83. The zero-order valence-electron chi connectivity index (χ0n) is 9.36. The lowest BCUT2D eigenvalue weighted by molar-refractivity contribution is 0.458. The largest absolute Gasteiger partial charge is 0.478 e. The molecule has 0 aromatic heterocycles. The van der Waals surface area contributed by atoms with E-state index in [9.17, 15) is 12.9 Å². The highest BCUT2D eigenvalue weighted by Gasteiger charge is 2.21. The maximum atomic E-state index is 11.8. The molecule has 0 aliphatic heterocycles. The molecule has 0 saturated heterocycles. The summed E-state index contributed by atoms with van der Waals surface area (Å²) in [5.74, 6) is 0. The van der Waals surface area contributed by atoms with Gasteiger partial charge in [-0.3, -0.25) is 0 Å². The van der Waals surface area contributed by atoms with Crippen LogP contribution < -0.4 is 0 Å². The maximum absolute atomic E-state index is 11.8. The first kappa shape index (κ1) is 14.6. The monoisotopic (exact) mass is 221 g/mol. The Balaban J connectivity index is 3.02. The minimum atomic E-state index is -4.55. The molecule has 0 N–H and O–H groups in total. The molecule has 0 rings (SSSR count). The van der Waals surface area contributed by atoms with Gasteiger partial charge in [-0.15, -0.1) is 6.58 Å². The second kappa shape index (κ2) is 8.87. The average molecular weight is 221 g/mol. The Hall–Kier alpha value is -0.405. The Morgan fingerprint density at radius 3 is 1.73 bits per heavy atom. The summed E-state index contributed by atoms with van der Waals surface area (Å²) < 4.78 is 35.5. The fourth-order valence-electron chi connectivity index (χ4n) is 1.55. The van der Waals surface area contributed by atoms with Crippen LogP contribution in [-0.2, 0) is 0 Å². The topological polar surface area (TPSA) is 0 Å². The summed E-state index contributed by atoms with van der Waals surface area (Å²) in [5, 5.41) is 0. The van der Waals surface area contributed by atoms with E-state index in [0.29, 0.717) is 6.42 Å². The summed E-state index contributed by atoms with van der Waals surface area (Å²) in [4.78, 5) is 0. The molecular weight excluding hydrogens is 200 g/mol. The van der Waals surface area contributed by atoms with Gasteiger partial charge in [0.15, 0.2) is 0 Å². The highest BCUT2D eigenvalue weighted by atomic mass is 19.4. The van der Waals surface area contributed by atoms with E-state index in [-0.39, 0.29) is 0 Å². The Kier molecular flexibility index (Phi) is 8.63. The van der Waals surface area contributed by atoms with Crippen LogP contribution in [0.2, 0.25) is 6.32 Å². The van der Waals surface area contributed by atoms with Crippen molar-refractivity contribution in [2.24, 2.45) is 0 Å². The minimum Gasteiger partial charge on any atom is -0.449 e. The standard InChI is InChI=1S/C11H21BF3/c1-2-3-4-5-6-7-8-9-10-11-12(13,14)15/h2H,1,3-11H2/q-1. The second-order valence-corrected chi connectivity index (χ2v) is 4.05. The number of unbranched alkanes of at least 4 members (excludes halogenated alkanes) is 7. The smallest absolute Gasteiger partial charge is 0.449 e. The lowest BCUT2D eigenvalue weighted by Crippen LogP contribution is -2.13. The first-order valence-electron chi connectivity index (χ1n) is 5.88. The van der Waals surface area contributed by atoms with Crippen LogP contribution in [0.5, 0.6) is 0 Å². The van der Waals surface area contributed by atoms with Crippen LogP contribution in [0.3, 0.4) is 0 Å². The van der Waals surface area contributed by atoms with E-state index in [2.05, 4.69) is 6.58 Å². The molecule has 0 atom stereocenters. The van der Waals surface area contributed by atoms with E-state index in [1.54, 1.807) is 0 Å². The maximum Gasteiger partial charge on any atom is 0.478 e. The predicted octanol–water partition coefficient (Wildman–Crippen LogP) is 5.14. The van der Waals surface area contributed by atoms with E-state index in [0.717, 1.165) is 38.5 Å². The fourth-order valence-corrected chi connectivity index (χ4v) is 1.55. The van der Waals surface area contributed by atoms with Gasteiger partial charge in [-0.1, -0.05) is 50.9 Å². The van der Waals surface area contributed by atoms with Gasteiger partial charge in [0, 0.05) is 0 Å². The normalized spacial score (nSPS) is 11.7. The zero-order chi connectivity index (χ0) is 11.6. The van der Waals surface area contributed by atoms with E-state index >= 15 is 0 Å². The predicted molar refractivity (Wildman–Crippen MR) is 61.0 cm³/mol. The van der Waals surface area contributed by atoms with Crippen molar-refractivity contribution in [2.45, 2.75) is 57.7 Å². The summed E-state index contributed by atoms with van der Waals surface area (Å²) >= 11 is 0. The van der Waals surface area contributed by atoms with Gasteiger partial charge in [0.25, 0.3) is 0 Å². The fraction of sp³-hybridized carbons (Fsp3) is 0.818. The molecule has 0 heterocycles. The number of allylic oxidation sites excluding steroid dienone is 1. The average Bonchev–Trinajstić information content (AvgIpc) is 2.14. The van der Waals surface area contributed by atoms with E-state index in [1.807, 2.05) is 6.08 Å². The molecule has 0 aromatic rings. The molecule has 0 aliphatic carbocycles. The first-order valence-corrected chi connectivity index (χ1v) is 5.88. The van der Waals surface area contributed by atoms with Gasteiger partial charge in [-0.05, 0) is 12.8 Å². The molecule has 0 saturated carbocycles. The van der Waals surface area contributed by atoms with Crippen LogP contribution in [0.4, 0.5) is 12.9 Å². The molecular formula is C11H21BF3-. The van der Waals surface area contributed by atoms with Crippen LogP contribution >= 0.6 is 0 Å². The quantitative estimate of drug-likeness (QED) is 0.272. The van der Waals surface area contributed by atoms with Crippen LogP contribution in [0.1, 0.15) is 51.4 Å². The number of hydrogen-bond acceptors (Lipinski definition) is 0. The number of hydrogen-bond donors (Lipinski definition) is 0. The van der Waals surface area contributed by atoms with E-state index in [4.69, 9.17) is 0 Å². The van der Waals surface area contributed by atoms with Gasteiger partial charge in [0.1, 0.15) is 0 Å². The summed E-state index contributed by atoms with van der Waals surface area (Å²) in [6.07, 6.45) is 8.94. The van der Waals surface area contributed by atoms with Crippen molar-refractivity contribution in [1.82, 2.24) is 0 Å². The minimum absolute atomic E-state index is 0.316. The third-order valence-electron chi connectivity index (χ3n) is 2.44. The van der Waals surface area contributed by atoms with Crippen molar-refractivity contribution >= 4 is 6.98 Å². The SMILES string of the molecule is C=CCCCCCCCCC[B-](F)(F)F. The lowest BCUT2D eigenvalue weighted by Gasteiger charge is -2.12. The van der Waals surface area contributed by atoms with Crippen molar-refractivity contribution in [3.8, 4) is 0 Å².